The molecule has 1 aliphatic rings. The van der Waals surface area contributed by atoms with Crippen LogP contribution in [0.5, 0.6) is 0 Å². The highest BCUT2D eigenvalue weighted by atomic mass is 28.3. The number of nitrogens with zero attached hydrogens (tertiary/aromatic N) is 2. The van der Waals surface area contributed by atoms with Gasteiger partial charge in [-0.05, 0) is 53.6 Å². The molecule has 0 amide bonds. The second kappa shape index (κ2) is 6.56. The van der Waals surface area contributed by atoms with Crippen LogP contribution in [0.2, 0.25) is 19.6 Å². The number of pyridine rings is 2. The van der Waals surface area contributed by atoms with E-state index in [9.17, 15) is 0 Å². The Bertz CT molecular complexity index is 655. The lowest BCUT2D eigenvalue weighted by molar-refractivity contribution is 0.462. The van der Waals surface area contributed by atoms with Gasteiger partial charge >= 0.3 is 0 Å². The van der Waals surface area contributed by atoms with Crippen molar-refractivity contribution in [1.29, 1.82) is 0 Å². The molecule has 0 aliphatic heterocycles. The molecule has 0 aromatic carbocycles. The number of rotatable bonds is 4. The topological polar surface area (TPSA) is 25.8 Å². The van der Waals surface area contributed by atoms with Crippen LogP contribution in [-0.2, 0) is 0 Å². The minimum absolute atomic E-state index is 0.641. The predicted molar refractivity (Wildman–Crippen MR) is 101 cm³/mol. The number of aromatic nitrogens is 2. The molecule has 23 heavy (non-hydrogen) atoms. The van der Waals surface area contributed by atoms with Crippen molar-refractivity contribution in [3.8, 4) is 11.3 Å². The first kappa shape index (κ1) is 16.4. The van der Waals surface area contributed by atoms with Crippen molar-refractivity contribution in [3.63, 3.8) is 0 Å². The summed E-state index contributed by atoms with van der Waals surface area (Å²) in [5.41, 5.74) is 3.81. The van der Waals surface area contributed by atoms with Crippen LogP contribution in [-0.4, -0.2) is 18.0 Å². The van der Waals surface area contributed by atoms with Crippen LogP contribution >= 0.6 is 0 Å². The molecule has 0 saturated heterocycles. The van der Waals surface area contributed by atoms with E-state index in [2.05, 4.69) is 55.9 Å². The van der Waals surface area contributed by atoms with Gasteiger partial charge in [0.1, 0.15) is 0 Å². The summed E-state index contributed by atoms with van der Waals surface area (Å²) in [6, 6.07) is 6.48. The minimum atomic E-state index is -1.39. The zero-order chi connectivity index (χ0) is 16.4. The van der Waals surface area contributed by atoms with E-state index in [0.717, 1.165) is 11.6 Å². The summed E-state index contributed by atoms with van der Waals surface area (Å²) in [5, 5.41) is 1.54. The fourth-order valence-corrected chi connectivity index (χ4v) is 5.48. The summed E-state index contributed by atoms with van der Waals surface area (Å²) in [6.07, 6.45) is 11.5. The smallest absolute Gasteiger partial charge is 0.0799 e. The molecule has 3 rings (SSSR count). The average molecular weight is 325 g/mol. The van der Waals surface area contributed by atoms with Gasteiger partial charge in [0, 0.05) is 24.2 Å². The van der Waals surface area contributed by atoms with Crippen molar-refractivity contribution in [1.82, 2.24) is 9.97 Å². The molecule has 1 saturated carbocycles. The molecule has 1 atom stereocenters. The quantitative estimate of drug-likeness (QED) is 0.741. The Morgan fingerprint density at radius 3 is 2.35 bits per heavy atom. The van der Waals surface area contributed by atoms with E-state index in [-0.39, 0.29) is 0 Å². The van der Waals surface area contributed by atoms with Crippen LogP contribution in [0.4, 0.5) is 0 Å². The zero-order valence-corrected chi connectivity index (χ0v) is 15.8. The molecule has 1 aliphatic carbocycles. The van der Waals surface area contributed by atoms with Gasteiger partial charge in [-0.15, -0.1) is 0 Å². The van der Waals surface area contributed by atoms with E-state index >= 15 is 0 Å². The van der Waals surface area contributed by atoms with Crippen molar-refractivity contribution in [2.75, 3.05) is 0 Å². The third-order valence-electron chi connectivity index (χ3n) is 5.32. The Morgan fingerprint density at radius 2 is 1.74 bits per heavy atom. The van der Waals surface area contributed by atoms with Crippen molar-refractivity contribution in [2.24, 2.45) is 5.92 Å². The molecule has 1 unspecified atom stereocenters. The van der Waals surface area contributed by atoms with Gasteiger partial charge in [-0.3, -0.25) is 9.97 Å². The molecule has 0 bridgehead atoms. The normalized spacial score (nSPS) is 17.4. The van der Waals surface area contributed by atoms with E-state index in [1.807, 2.05) is 12.4 Å². The van der Waals surface area contributed by atoms with Gasteiger partial charge in [0.2, 0.25) is 0 Å². The van der Waals surface area contributed by atoms with Gasteiger partial charge in [0.05, 0.1) is 13.8 Å². The van der Waals surface area contributed by atoms with Crippen LogP contribution < -0.4 is 5.19 Å². The maximum atomic E-state index is 4.79. The SMILES string of the molecule is CC(c1cc(-c2ccncc2)ncc1[Si](C)(C)C)C1CCCC1. The largest absolute Gasteiger partial charge is 0.265 e. The molecule has 0 spiro atoms. The van der Waals surface area contributed by atoms with Crippen molar-refractivity contribution in [3.05, 3.63) is 42.4 Å². The second-order valence-electron chi connectivity index (χ2n) is 7.98. The van der Waals surface area contributed by atoms with Crippen molar-refractivity contribution >= 4 is 13.3 Å². The van der Waals surface area contributed by atoms with Crippen molar-refractivity contribution in [2.45, 2.75) is 58.2 Å². The van der Waals surface area contributed by atoms with Crippen LogP contribution in [0.3, 0.4) is 0 Å². The zero-order valence-electron chi connectivity index (χ0n) is 14.8. The van der Waals surface area contributed by atoms with E-state index in [1.165, 1.54) is 36.4 Å². The highest BCUT2D eigenvalue weighted by molar-refractivity contribution is 6.89. The predicted octanol–water partition coefficient (Wildman–Crippen LogP) is 4.98. The number of hydrogen-bond acceptors (Lipinski definition) is 2. The summed E-state index contributed by atoms with van der Waals surface area (Å²) < 4.78 is 0. The van der Waals surface area contributed by atoms with Crippen molar-refractivity contribution < 1.29 is 0 Å². The van der Waals surface area contributed by atoms with E-state index in [0.29, 0.717) is 5.92 Å². The summed E-state index contributed by atoms with van der Waals surface area (Å²) >= 11 is 0. The second-order valence-corrected chi connectivity index (χ2v) is 13.0. The molecule has 2 aromatic rings. The molecule has 0 N–H and O–H groups in total. The molecule has 2 aromatic heterocycles. The lowest BCUT2D eigenvalue weighted by Gasteiger charge is -2.28. The Kier molecular flexibility index (Phi) is 4.67. The highest BCUT2D eigenvalue weighted by Gasteiger charge is 2.29. The maximum Gasteiger partial charge on any atom is 0.0799 e. The van der Waals surface area contributed by atoms with Gasteiger partial charge in [0.15, 0.2) is 0 Å². The molecule has 122 valence electrons. The first-order valence-corrected chi connectivity index (χ1v) is 12.4. The standard InChI is InChI=1S/C20H28N2Si/c1-15(16-7-5-6-8-16)18-13-19(17-9-11-21-12-10-17)22-14-20(18)23(2,3)4/h9-16H,5-8H2,1-4H3. The third-order valence-corrected chi connectivity index (χ3v) is 7.35. The van der Waals surface area contributed by atoms with Gasteiger partial charge in [0.25, 0.3) is 0 Å². The molecule has 2 nitrogen and oxygen atoms in total. The average Bonchev–Trinajstić information content (AvgIpc) is 3.08. The molecule has 2 heterocycles. The summed E-state index contributed by atoms with van der Waals surface area (Å²) in [4.78, 5) is 8.92. The van der Waals surface area contributed by atoms with Crippen LogP contribution in [0.15, 0.2) is 36.8 Å². The van der Waals surface area contributed by atoms with Gasteiger partial charge in [-0.25, -0.2) is 0 Å². The lowest BCUT2D eigenvalue weighted by atomic mass is 9.86. The monoisotopic (exact) mass is 324 g/mol. The van der Waals surface area contributed by atoms with E-state index in [1.54, 1.807) is 5.56 Å². The summed E-state index contributed by atoms with van der Waals surface area (Å²) in [6.45, 7) is 9.73. The maximum absolute atomic E-state index is 4.79. The molecule has 0 radical (unpaired) electrons. The minimum Gasteiger partial charge on any atom is -0.265 e. The van der Waals surface area contributed by atoms with Crippen LogP contribution in [0.25, 0.3) is 11.3 Å². The molecule has 1 fully saturated rings. The third kappa shape index (κ3) is 3.55. The fraction of sp³-hybridized carbons (Fsp3) is 0.500. The van der Waals surface area contributed by atoms with Crippen LogP contribution in [0.1, 0.15) is 44.1 Å². The Hall–Kier alpha value is -1.48. The molecule has 3 heteroatoms. The fourth-order valence-electron chi connectivity index (χ4n) is 3.87. The summed E-state index contributed by atoms with van der Waals surface area (Å²) in [7, 11) is -1.39. The van der Waals surface area contributed by atoms with Gasteiger partial charge in [-0.1, -0.05) is 39.4 Å². The molecular formula is C20H28N2Si. The Morgan fingerprint density at radius 1 is 1.09 bits per heavy atom. The Labute approximate surface area is 141 Å². The summed E-state index contributed by atoms with van der Waals surface area (Å²) in [5.74, 6) is 1.49. The lowest BCUT2D eigenvalue weighted by Crippen LogP contribution is -2.41. The number of hydrogen-bond donors (Lipinski definition) is 0. The van der Waals surface area contributed by atoms with Gasteiger partial charge < -0.3 is 0 Å². The van der Waals surface area contributed by atoms with Crippen LogP contribution in [0, 0.1) is 5.92 Å². The van der Waals surface area contributed by atoms with Gasteiger partial charge in [-0.2, -0.15) is 0 Å². The first-order valence-electron chi connectivity index (χ1n) is 8.87. The van der Waals surface area contributed by atoms with E-state index < -0.39 is 8.07 Å². The van der Waals surface area contributed by atoms with E-state index in [4.69, 9.17) is 4.98 Å². The first-order chi connectivity index (χ1) is 11.0. The molecular weight excluding hydrogens is 296 g/mol. The highest BCUT2D eigenvalue weighted by Crippen LogP contribution is 2.37. The Balaban J connectivity index is 2.05.